The summed E-state index contributed by atoms with van der Waals surface area (Å²) in [4.78, 5) is 22.0. The van der Waals surface area contributed by atoms with E-state index in [0.29, 0.717) is 0 Å². The molecule has 1 aliphatic rings. The summed E-state index contributed by atoms with van der Waals surface area (Å²) in [5.41, 5.74) is 0. The highest BCUT2D eigenvalue weighted by Gasteiger charge is 2.52. The van der Waals surface area contributed by atoms with E-state index in [0.717, 1.165) is 7.11 Å². The van der Waals surface area contributed by atoms with Crippen LogP contribution >= 0.6 is 0 Å². The third-order valence-corrected chi connectivity index (χ3v) is 3.60. The first kappa shape index (κ1) is 13.7. The quantitative estimate of drug-likeness (QED) is 0.591. The van der Waals surface area contributed by atoms with E-state index in [1.54, 1.807) is 0 Å². The van der Waals surface area contributed by atoms with Gasteiger partial charge in [-0.2, -0.15) is 13.2 Å². The molecule has 0 unspecified atom stereocenters. The van der Waals surface area contributed by atoms with Crippen molar-refractivity contribution in [1.82, 2.24) is 4.90 Å². The predicted octanol–water partition coefficient (Wildman–Crippen LogP) is -0.695. The topological polar surface area (TPSA) is 80.8 Å². The van der Waals surface area contributed by atoms with E-state index in [4.69, 9.17) is 0 Å². The number of ether oxygens (including phenoxy) is 1. The molecule has 0 N–H and O–H groups in total. The maximum atomic E-state index is 12.2. The fourth-order valence-electron chi connectivity index (χ4n) is 1.38. The number of nitrogens with zero attached hydrogens (tertiary/aromatic N) is 1. The van der Waals surface area contributed by atoms with E-state index in [-0.39, 0.29) is 4.90 Å². The van der Waals surface area contributed by atoms with Gasteiger partial charge >= 0.3 is 18.1 Å². The van der Waals surface area contributed by atoms with Crippen LogP contribution in [0.25, 0.3) is 0 Å². The van der Waals surface area contributed by atoms with Crippen LogP contribution in [0.2, 0.25) is 0 Å². The summed E-state index contributed by atoms with van der Waals surface area (Å²) in [6.07, 6.45) is -5.23. The minimum Gasteiger partial charge on any atom is -0.467 e. The molecule has 0 bridgehead atoms. The number of alkyl halides is 3. The van der Waals surface area contributed by atoms with Gasteiger partial charge in [-0.1, -0.05) is 0 Å². The smallest absolute Gasteiger partial charge is 0.467 e. The molecule has 10 heteroatoms. The number of hydrogen-bond acceptors (Lipinski definition) is 5. The fourth-order valence-corrected chi connectivity index (χ4v) is 3.00. The summed E-state index contributed by atoms with van der Waals surface area (Å²) in [5.74, 6) is -5.55. The van der Waals surface area contributed by atoms with E-state index >= 15 is 0 Å². The molecule has 1 fully saturated rings. The zero-order valence-electron chi connectivity index (χ0n) is 8.52. The number of methoxy groups -OCH3 is 1. The van der Waals surface area contributed by atoms with Gasteiger partial charge in [0.25, 0.3) is 0 Å². The van der Waals surface area contributed by atoms with Crippen molar-refractivity contribution >= 4 is 21.7 Å². The summed E-state index contributed by atoms with van der Waals surface area (Å²) in [7, 11) is -3.01. The van der Waals surface area contributed by atoms with Crippen molar-refractivity contribution in [3.8, 4) is 0 Å². The molecule has 6 nitrogen and oxygen atoms in total. The van der Waals surface area contributed by atoms with Crippen LogP contribution in [0.4, 0.5) is 13.2 Å². The molecule has 1 heterocycles. The van der Waals surface area contributed by atoms with Crippen molar-refractivity contribution in [2.75, 3.05) is 18.7 Å². The highest BCUT2D eigenvalue weighted by atomic mass is 32.2. The van der Waals surface area contributed by atoms with Crippen LogP contribution in [0, 0.1) is 0 Å². The molecule has 1 saturated heterocycles. The van der Waals surface area contributed by atoms with E-state index in [1.165, 1.54) is 0 Å². The van der Waals surface area contributed by atoms with Crippen LogP contribution in [0.1, 0.15) is 0 Å². The minimum atomic E-state index is -5.23. The average Bonchev–Trinajstić information content (AvgIpc) is 2.50. The summed E-state index contributed by atoms with van der Waals surface area (Å²) in [5, 5.41) is 0. The third-order valence-electron chi connectivity index (χ3n) is 2.10. The Bertz CT molecular complexity index is 443. The van der Waals surface area contributed by atoms with Crippen molar-refractivity contribution in [3.05, 3.63) is 0 Å². The monoisotopic (exact) mass is 275 g/mol. The number of hydrogen-bond donors (Lipinski definition) is 0. The molecule has 1 aliphatic heterocycles. The van der Waals surface area contributed by atoms with Crippen molar-refractivity contribution in [3.63, 3.8) is 0 Å². The SMILES string of the molecule is COC(=O)[C@H]1CS(=O)(=O)CN1C(=O)C(F)(F)F. The largest absolute Gasteiger partial charge is 0.471 e. The summed E-state index contributed by atoms with van der Waals surface area (Å²) in [6, 6.07) is -1.74. The lowest BCUT2D eigenvalue weighted by Gasteiger charge is -2.21. The molecule has 0 radical (unpaired) electrons. The van der Waals surface area contributed by atoms with Crippen molar-refractivity contribution in [1.29, 1.82) is 0 Å². The molecule has 0 aromatic rings. The van der Waals surface area contributed by atoms with Crippen LogP contribution < -0.4 is 0 Å². The Morgan fingerprint density at radius 2 is 1.88 bits per heavy atom. The number of sulfone groups is 1. The number of carbonyl (C=O) groups is 2. The first-order chi connectivity index (χ1) is 7.58. The van der Waals surface area contributed by atoms with Crippen molar-refractivity contribution in [2.45, 2.75) is 12.2 Å². The number of amides is 1. The lowest BCUT2D eigenvalue weighted by molar-refractivity contribution is -0.187. The van der Waals surface area contributed by atoms with Gasteiger partial charge in [0.15, 0.2) is 9.84 Å². The maximum absolute atomic E-state index is 12.2. The summed E-state index contributed by atoms with van der Waals surface area (Å²) < 4.78 is 62.9. The van der Waals surface area contributed by atoms with Gasteiger partial charge in [-0.05, 0) is 0 Å². The Hall–Kier alpha value is -1.32. The summed E-state index contributed by atoms with van der Waals surface area (Å²) in [6.45, 7) is 0. The van der Waals surface area contributed by atoms with Crippen LogP contribution in [0.15, 0.2) is 0 Å². The molecular weight excluding hydrogens is 267 g/mol. The normalized spacial score (nSPS) is 23.5. The van der Waals surface area contributed by atoms with E-state index in [2.05, 4.69) is 4.74 Å². The molecule has 98 valence electrons. The second-order valence-corrected chi connectivity index (χ2v) is 5.43. The van der Waals surface area contributed by atoms with Crippen LogP contribution in [-0.2, 0) is 24.2 Å². The standard InChI is InChI=1S/C7H8F3NO5S/c1-16-5(12)4-2-17(14,15)3-11(4)6(13)7(8,9)10/h4H,2-3H2,1H3/t4-/m1/s1. The van der Waals surface area contributed by atoms with Gasteiger partial charge in [-0.15, -0.1) is 0 Å². The molecule has 0 saturated carbocycles. The van der Waals surface area contributed by atoms with E-state index in [1.807, 2.05) is 0 Å². The first-order valence-corrected chi connectivity index (χ1v) is 6.06. The molecule has 17 heavy (non-hydrogen) atoms. The second kappa shape index (κ2) is 4.17. The molecule has 1 rings (SSSR count). The molecule has 0 spiro atoms. The fraction of sp³-hybridized carbons (Fsp3) is 0.714. The Morgan fingerprint density at radius 1 is 1.35 bits per heavy atom. The van der Waals surface area contributed by atoms with Crippen molar-refractivity contribution in [2.24, 2.45) is 0 Å². The number of halogens is 3. The predicted molar refractivity (Wildman–Crippen MR) is 47.4 cm³/mol. The lowest BCUT2D eigenvalue weighted by Crippen LogP contribution is -2.48. The molecule has 0 aromatic heterocycles. The van der Waals surface area contributed by atoms with Gasteiger partial charge in [-0.25, -0.2) is 13.2 Å². The van der Waals surface area contributed by atoms with Crippen LogP contribution in [-0.4, -0.2) is 56.2 Å². The van der Waals surface area contributed by atoms with Crippen LogP contribution in [0.5, 0.6) is 0 Å². The average molecular weight is 275 g/mol. The van der Waals surface area contributed by atoms with Crippen LogP contribution in [0.3, 0.4) is 0 Å². The van der Waals surface area contributed by atoms with Gasteiger partial charge in [0, 0.05) is 0 Å². The lowest BCUT2D eigenvalue weighted by atomic mass is 10.3. The van der Waals surface area contributed by atoms with Gasteiger partial charge in [0.05, 0.1) is 12.9 Å². The van der Waals surface area contributed by atoms with Crippen molar-refractivity contribution < 1.29 is 35.9 Å². The third kappa shape index (κ3) is 2.87. The van der Waals surface area contributed by atoms with E-state index < -0.39 is 45.6 Å². The number of rotatable bonds is 1. The number of esters is 1. The minimum absolute atomic E-state index is 0.0405. The second-order valence-electron chi connectivity index (χ2n) is 3.35. The van der Waals surface area contributed by atoms with Gasteiger partial charge in [0.1, 0.15) is 11.9 Å². The Balaban J connectivity index is 3.04. The molecule has 0 aliphatic carbocycles. The first-order valence-electron chi connectivity index (χ1n) is 4.24. The maximum Gasteiger partial charge on any atom is 0.471 e. The zero-order chi connectivity index (χ0) is 13.4. The highest BCUT2D eigenvalue weighted by molar-refractivity contribution is 7.91. The van der Waals surface area contributed by atoms with Gasteiger partial charge < -0.3 is 9.64 Å². The Labute approximate surface area is 94.2 Å². The Kier molecular flexibility index (Phi) is 3.37. The number of carbonyl (C=O) groups excluding carboxylic acids is 2. The zero-order valence-corrected chi connectivity index (χ0v) is 9.34. The molecular formula is C7H8F3NO5S. The molecule has 0 aromatic carbocycles. The summed E-state index contributed by atoms with van der Waals surface area (Å²) >= 11 is 0. The highest BCUT2D eigenvalue weighted by Crippen LogP contribution is 2.25. The Morgan fingerprint density at radius 3 is 2.29 bits per heavy atom. The van der Waals surface area contributed by atoms with Gasteiger partial charge in [-0.3, -0.25) is 4.79 Å². The molecule has 1 amide bonds. The van der Waals surface area contributed by atoms with Gasteiger partial charge in [0.2, 0.25) is 0 Å². The van der Waals surface area contributed by atoms with E-state index in [9.17, 15) is 31.2 Å². The molecule has 1 atom stereocenters.